The highest BCUT2D eigenvalue weighted by Crippen LogP contribution is 2.16. The van der Waals surface area contributed by atoms with Gasteiger partial charge >= 0.3 is 0 Å². The zero-order valence-corrected chi connectivity index (χ0v) is 9.25. The van der Waals surface area contributed by atoms with E-state index in [0.29, 0.717) is 0 Å². The molecule has 13 heavy (non-hydrogen) atoms. The molecule has 0 amide bonds. The molecule has 1 aromatic carbocycles. The van der Waals surface area contributed by atoms with Crippen LogP contribution < -0.4 is 11.5 Å². The van der Waals surface area contributed by atoms with Crippen molar-refractivity contribution in [3.63, 3.8) is 0 Å². The van der Waals surface area contributed by atoms with Crippen LogP contribution in [-0.4, -0.2) is 0 Å². The van der Waals surface area contributed by atoms with Crippen LogP contribution in [0.1, 0.15) is 18.9 Å². The van der Waals surface area contributed by atoms with Gasteiger partial charge in [-0.3, -0.25) is 0 Å². The van der Waals surface area contributed by atoms with Gasteiger partial charge in [-0.15, -0.1) is 24.8 Å². The molecule has 0 fully saturated rings. The molecule has 0 radical (unpaired) electrons. The Morgan fingerprint density at radius 3 is 2.31 bits per heavy atom. The van der Waals surface area contributed by atoms with Gasteiger partial charge in [0.05, 0.1) is 0 Å². The third-order valence-corrected chi connectivity index (χ3v) is 1.69. The number of aryl methyl sites for hydroxylation is 1. The first kappa shape index (κ1) is 14.9. The highest BCUT2D eigenvalue weighted by molar-refractivity contribution is 5.85. The Kier molecular flexibility index (Phi) is 7.87. The van der Waals surface area contributed by atoms with E-state index in [1.807, 2.05) is 18.2 Å². The summed E-state index contributed by atoms with van der Waals surface area (Å²) in [5.41, 5.74) is 14.1. The highest BCUT2D eigenvalue weighted by Gasteiger charge is 1.96. The predicted octanol–water partition coefficient (Wildman–Crippen LogP) is 2.65. The summed E-state index contributed by atoms with van der Waals surface area (Å²) in [4.78, 5) is 0. The molecule has 0 saturated carbocycles. The maximum absolute atomic E-state index is 5.72. The second kappa shape index (κ2) is 6.87. The van der Waals surface area contributed by atoms with Crippen LogP contribution in [0.2, 0.25) is 0 Å². The highest BCUT2D eigenvalue weighted by atomic mass is 35.5. The summed E-state index contributed by atoms with van der Waals surface area (Å²) < 4.78 is 0. The van der Waals surface area contributed by atoms with Gasteiger partial charge in [0.1, 0.15) is 0 Å². The smallest absolute Gasteiger partial charge is 0.0348 e. The Hall–Kier alpha value is -0.600. The largest absolute Gasteiger partial charge is 0.399 e. The van der Waals surface area contributed by atoms with Crippen LogP contribution in [0.25, 0.3) is 0 Å². The minimum absolute atomic E-state index is 0. The molecule has 0 atom stereocenters. The van der Waals surface area contributed by atoms with E-state index in [4.69, 9.17) is 11.5 Å². The number of hydrogen-bond donors (Lipinski definition) is 2. The molecule has 0 bridgehead atoms. The summed E-state index contributed by atoms with van der Waals surface area (Å²) in [6.07, 6.45) is 2.12. The first-order valence-corrected chi connectivity index (χ1v) is 3.88. The molecular weight excluding hydrogens is 207 g/mol. The summed E-state index contributed by atoms with van der Waals surface area (Å²) in [6, 6.07) is 5.63. The lowest BCUT2D eigenvalue weighted by Crippen LogP contribution is -1.95. The molecule has 0 spiro atoms. The van der Waals surface area contributed by atoms with E-state index in [-0.39, 0.29) is 24.8 Å². The molecule has 0 unspecified atom stereocenters. The molecule has 0 aromatic heterocycles. The van der Waals surface area contributed by atoms with Crippen LogP contribution in [0.5, 0.6) is 0 Å². The second-order valence-electron chi connectivity index (χ2n) is 2.71. The summed E-state index contributed by atoms with van der Waals surface area (Å²) in [6.45, 7) is 2.13. The standard InChI is InChI=1S/C9H14N2.2ClH/c1-2-3-7-6-8(10)4-5-9(7)11;;/h4-6H,2-3,10-11H2,1H3;2*1H. The number of halogens is 2. The van der Waals surface area contributed by atoms with E-state index in [9.17, 15) is 0 Å². The number of hydrogen-bond acceptors (Lipinski definition) is 2. The SMILES string of the molecule is CCCc1cc(N)ccc1N.Cl.Cl. The zero-order chi connectivity index (χ0) is 8.27. The lowest BCUT2D eigenvalue weighted by atomic mass is 10.1. The van der Waals surface area contributed by atoms with Gasteiger partial charge in [0.2, 0.25) is 0 Å². The van der Waals surface area contributed by atoms with Crippen molar-refractivity contribution in [3.05, 3.63) is 23.8 Å². The van der Waals surface area contributed by atoms with Crippen LogP contribution in [0.4, 0.5) is 11.4 Å². The maximum Gasteiger partial charge on any atom is 0.0348 e. The number of rotatable bonds is 2. The Bertz CT molecular complexity index is 251. The molecule has 4 N–H and O–H groups in total. The second-order valence-corrected chi connectivity index (χ2v) is 2.71. The summed E-state index contributed by atoms with van der Waals surface area (Å²) in [5.74, 6) is 0. The number of nitrogen functional groups attached to an aromatic ring is 2. The van der Waals surface area contributed by atoms with Crippen molar-refractivity contribution in [2.24, 2.45) is 0 Å². The van der Waals surface area contributed by atoms with Crippen LogP contribution in [0.15, 0.2) is 18.2 Å². The van der Waals surface area contributed by atoms with Crippen molar-refractivity contribution in [3.8, 4) is 0 Å². The number of nitrogens with two attached hydrogens (primary N) is 2. The van der Waals surface area contributed by atoms with E-state index in [0.717, 1.165) is 29.8 Å². The molecule has 0 aliphatic heterocycles. The zero-order valence-electron chi connectivity index (χ0n) is 7.62. The first-order chi connectivity index (χ1) is 5.24. The van der Waals surface area contributed by atoms with Crippen LogP contribution in [-0.2, 0) is 6.42 Å². The van der Waals surface area contributed by atoms with E-state index < -0.39 is 0 Å². The van der Waals surface area contributed by atoms with Gasteiger partial charge in [-0.05, 0) is 30.2 Å². The van der Waals surface area contributed by atoms with Gasteiger partial charge in [-0.2, -0.15) is 0 Å². The van der Waals surface area contributed by atoms with Gasteiger partial charge < -0.3 is 11.5 Å². The lowest BCUT2D eigenvalue weighted by molar-refractivity contribution is 0.925. The molecule has 0 aliphatic carbocycles. The third-order valence-electron chi connectivity index (χ3n) is 1.69. The monoisotopic (exact) mass is 222 g/mol. The normalized spacial score (nSPS) is 8.38. The number of anilines is 2. The topological polar surface area (TPSA) is 52.0 Å². The van der Waals surface area contributed by atoms with Gasteiger partial charge in [0.25, 0.3) is 0 Å². The first-order valence-electron chi connectivity index (χ1n) is 3.88. The van der Waals surface area contributed by atoms with Crippen molar-refractivity contribution >= 4 is 36.2 Å². The van der Waals surface area contributed by atoms with E-state index >= 15 is 0 Å². The number of benzene rings is 1. The molecule has 1 rings (SSSR count). The Morgan fingerprint density at radius 1 is 1.15 bits per heavy atom. The quantitative estimate of drug-likeness (QED) is 0.757. The molecule has 76 valence electrons. The molecular formula is C9H16Cl2N2. The fourth-order valence-corrected chi connectivity index (χ4v) is 1.11. The van der Waals surface area contributed by atoms with Gasteiger partial charge in [0.15, 0.2) is 0 Å². The molecule has 1 aromatic rings. The fourth-order valence-electron chi connectivity index (χ4n) is 1.11. The molecule has 0 heterocycles. The minimum Gasteiger partial charge on any atom is -0.399 e. The van der Waals surface area contributed by atoms with E-state index in [1.54, 1.807) is 0 Å². The van der Waals surface area contributed by atoms with Crippen molar-refractivity contribution in [2.75, 3.05) is 11.5 Å². The van der Waals surface area contributed by atoms with Crippen molar-refractivity contribution in [1.29, 1.82) is 0 Å². The molecule has 4 heteroatoms. The third kappa shape index (κ3) is 4.25. The molecule has 2 nitrogen and oxygen atoms in total. The fraction of sp³-hybridized carbons (Fsp3) is 0.333. The predicted molar refractivity (Wildman–Crippen MR) is 63.8 cm³/mol. The summed E-state index contributed by atoms with van der Waals surface area (Å²) >= 11 is 0. The molecule has 0 aliphatic rings. The maximum atomic E-state index is 5.72. The average molecular weight is 223 g/mol. The van der Waals surface area contributed by atoms with Crippen LogP contribution in [0, 0.1) is 0 Å². The van der Waals surface area contributed by atoms with E-state index in [2.05, 4.69) is 6.92 Å². The van der Waals surface area contributed by atoms with Crippen molar-refractivity contribution in [1.82, 2.24) is 0 Å². The lowest BCUT2D eigenvalue weighted by Gasteiger charge is -2.03. The Balaban J connectivity index is 0. The van der Waals surface area contributed by atoms with Gasteiger partial charge in [-0.25, -0.2) is 0 Å². The van der Waals surface area contributed by atoms with Crippen molar-refractivity contribution in [2.45, 2.75) is 19.8 Å². The van der Waals surface area contributed by atoms with Crippen LogP contribution >= 0.6 is 24.8 Å². The summed E-state index contributed by atoms with van der Waals surface area (Å²) in [7, 11) is 0. The van der Waals surface area contributed by atoms with Gasteiger partial charge in [0, 0.05) is 11.4 Å². The average Bonchev–Trinajstić information content (AvgIpc) is 1.98. The Labute approximate surface area is 91.5 Å². The summed E-state index contributed by atoms with van der Waals surface area (Å²) in [5, 5.41) is 0. The Morgan fingerprint density at radius 2 is 1.77 bits per heavy atom. The minimum atomic E-state index is 0. The van der Waals surface area contributed by atoms with Crippen LogP contribution in [0.3, 0.4) is 0 Å². The van der Waals surface area contributed by atoms with Gasteiger partial charge in [-0.1, -0.05) is 13.3 Å². The molecule has 0 saturated heterocycles. The van der Waals surface area contributed by atoms with E-state index in [1.165, 1.54) is 0 Å². The van der Waals surface area contributed by atoms with Crippen molar-refractivity contribution < 1.29 is 0 Å².